The summed E-state index contributed by atoms with van der Waals surface area (Å²) in [7, 11) is 12.8. The molecule has 0 amide bonds. The zero-order chi connectivity index (χ0) is 18.4. The number of quaternary nitrogens is 2. The minimum absolute atomic E-state index is 0. The first kappa shape index (κ1) is 28.2. The minimum Gasteiger partial charge on any atom is -1.00 e. The van der Waals surface area contributed by atoms with E-state index in [9.17, 15) is 9.59 Å². The highest BCUT2D eigenvalue weighted by molar-refractivity contribution is 5.99. The number of nitrogens with zero attached hydrogens (tertiary/aromatic N) is 2. The van der Waals surface area contributed by atoms with E-state index in [2.05, 4.69) is 42.3 Å². The molecule has 1 rings (SSSR count). The molecule has 0 N–H and O–H groups in total. The predicted molar refractivity (Wildman–Crippen MR) is 99.4 cm³/mol. The van der Waals surface area contributed by atoms with Gasteiger partial charge in [0.2, 0.25) is 0 Å². The van der Waals surface area contributed by atoms with Gasteiger partial charge in [0.1, 0.15) is 0 Å². The van der Waals surface area contributed by atoms with Crippen LogP contribution in [0.2, 0.25) is 0 Å². The molecule has 6 heteroatoms. The summed E-state index contributed by atoms with van der Waals surface area (Å²) in [5.41, 5.74) is 1.42. The van der Waals surface area contributed by atoms with Gasteiger partial charge in [0.05, 0.1) is 55.4 Å². The van der Waals surface area contributed by atoms with E-state index in [1.54, 1.807) is 24.3 Å². The summed E-state index contributed by atoms with van der Waals surface area (Å²) in [6.45, 7) is 1.96. The van der Waals surface area contributed by atoms with Gasteiger partial charge < -0.3 is 56.9 Å². The van der Waals surface area contributed by atoms with Crippen molar-refractivity contribution in [3.63, 3.8) is 0 Å². The van der Waals surface area contributed by atoms with Gasteiger partial charge in [-0.15, -0.1) is 0 Å². The van der Waals surface area contributed by atoms with E-state index in [1.165, 1.54) is 0 Å². The molecule has 0 aliphatic carbocycles. The highest BCUT2D eigenvalue weighted by Gasteiger charge is 2.13. The number of carbonyl (C=O) groups is 2. The summed E-state index contributed by atoms with van der Waals surface area (Å²) < 4.78 is 1.74. The monoisotopic (exact) mass is 588 g/mol. The summed E-state index contributed by atoms with van der Waals surface area (Å²) in [6.07, 6.45) is 2.89. The average molecular weight is 588 g/mol. The summed E-state index contributed by atoms with van der Waals surface area (Å²) in [4.78, 5) is 24.4. The SMILES string of the molecule is C[N+](C)(C)CCCC(=O)c1ccc(C(=O)CCC[N+](C)(C)C)cc1.[I-].[I-]. The van der Waals surface area contributed by atoms with E-state index in [0.717, 1.165) is 34.9 Å². The minimum atomic E-state index is 0. The molecule has 0 aromatic heterocycles. The first-order chi connectivity index (χ1) is 11.0. The predicted octanol–water partition coefficient (Wildman–Crippen LogP) is -2.97. The third kappa shape index (κ3) is 12.3. The fourth-order valence-corrected chi connectivity index (χ4v) is 2.56. The summed E-state index contributed by atoms with van der Waals surface area (Å²) in [5.74, 6) is 0.319. The van der Waals surface area contributed by atoms with E-state index < -0.39 is 0 Å². The molecule has 0 unspecified atom stereocenters. The Balaban J connectivity index is 0. The van der Waals surface area contributed by atoms with Gasteiger partial charge in [-0.1, -0.05) is 24.3 Å². The lowest BCUT2D eigenvalue weighted by Gasteiger charge is -2.23. The molecule has 0 saturated heterocycles. The molecule has 0 bridgehead atoms. The van der Waals surface area contributed by atoms with Crippen LogP contribution in [-0.2, 0) is 0 Å². The maximum Gasteiger partial charge on any atom is 0.163 e. The van der Waals surface area contributed by atoms with Crippen molar-refractivity contribution in [2.45, 2.75) is 25.7 Å². The van der Waals surface area contributed by atoms with E-state index in [1.807, 2.05) is 0 Å². The van der Waals surface area contributed by atoms with Crippen molar-refractivity contribution >= 4 is 11.6 Å². The number of benzene rings is 1. The van der Waals surface area contributed by atoms with Gasteiger partial charge in [-0.2, -0.15) is 0 Å². The van der Waals surface area contributed by atoms with Gasteiger partial charge in [0.15, 0.2) is 11.6 Å². The van der Waals surface area contributed by atoms with Crippen molar-refractivity contribution in [1.82, 2.24) is 0 Å². The Morgan fingerprint density at radius 1 is 0.654 bits per heavy atom. The Morgan fingerprint density at radius 3 is 1.15 bits per heavy atom. The molecule has 0 saturated carbocycles. The smallest absolute Gasteiger partial charge is 0.163 e. The van der Waals surface area contributed by atoms with E-state index in [0.29, 0.717) is 24.0 Å². The molecular weight excluding hydrogens is 554 g/mol. The van der Waals surface area contributed by atoms with E-state index in [4.69, 9.17) is 0 Å². The topological polar surface area (TPSA) is 34.1 Å². The standard InChI is InChI=1S/C20H34N2O2.2HI/c1-21(2,3)15-7-9-19(23)17-11-13-18(14-12-17)20(24)10-8-16-22(4,5)6;;/h11-14H,7-10,15-16H2,1-6H3;2*1H/q+2;;/p-2. The van der Waals surface area contributed by atoms with E-state index in [-0.39, 0.29) is 59.5 Å². The number of ketones is 2. The van der Waals surface area contributed by atoms with Crippen LogP contribution < -0.4 is 48.0 Å². The van der Waals surface area contributed by atoms with Crippen LogP contribution in [0.1, 0.15) is 46.4 Å². The largest absolute Gasteiger partial charge is 1.00 e. The van der Waals surface area contributed by atoms with Crippen molar-refractivity contribution in [2.24, 2.45) is 0 Å². The van der Waals surface area contributed by atoms with Gasteiger partial charge >= 0.3 is 0 Å². The molecule has 0 fully saturated rings. The lowest BCUT2D eigenvalue weighted by Crippen LogP contribution is -3.00. The van der Waals surface area contributed by atoms with Gasteiger partial charge in [-0.05, 0) is 0 Å². The van der Waals surface area contributed by atoms with Crippen molar-refractivity contribution in [3.05, 3.63) is 35.4 Å². The van der Waals surface area contributed by atoms with Crippen LogP contribution in [0, 0.1) is 0 Å². The molecule has 0 atom stereocenters. The van der Waals surface area contributed by atoms with Gasteiger partial charge in [-0.3, -0.25) is 9.59 Å². The number of hydrogen-bond acceptors (Lipinski definition) is 2. The number of halogens is 2. The Hall–Kier alpha value is -0.0600. The second kappa shape index (κ2) is 12.4. The van der Waals surface area contributed by atoms with Gasteiger partial charge in [-0.25, -0.2) is 0 Å². The molecule has 1 aromatic carbocycles. The van der Waals surface area contributed by atoms with Crippen molar-refractivity contribution in [3.8, 4) is 0 Å². The molecule has 0 heterocycles. The zero-order valence-electron chi connectivity index (χ0n) is 17.0. The Kier molecular flexibility index (Phi) is 13.4. The van der Waals surface area contributed by atoms with Crippen LogP contribution in [0.3, 0.4) is 0 Å². The second-order valence-electron chi connectivity index (χ2n) is 8.66. The van der Waals surface area contributed by atoms with Crippen LogP contribution in [-0.4, -0.2) is 75.9 Å². The van der Waals surface area contributed by atoms with Crippen LogP contribution in [0.25, 0.3) is 0 Å². The van der Waals surface area contributed by atoms with Crippen LogP contribution in [0.5, 0.6) is 0 Å². The third-order valence-electron chi connectivity index (χ3n) is 3.99. The maximum atomic E-state index is 12.2. The molecule has 0 spiro atoms. The van der Waals surface area contributed by atoms with Gasteiger partial charge in [0.25, 0.3) is 0 Å². The Bertz CT molecular complexity index is 508. The highest BCUT2D eigenvalue weighted by Crippen LogP contribution is 2.12. The molecule has 26 heavy (non-hydrogen) atoms. The average Bonchev–Trinajstić information content (AvgIpc) is 2.44. The molecule has 0 aliphatic heterocycles. The lowest BCUT2D eigenvalue weighted by atomic mass is 10.0. The number of rotatable bonds is 10. The first-order valence-electron chi connectivity index (χ1n) is 8.75. The fourth-order valence-electron chi connectivity index (χ4n) is 2.56. The fraction of sp³-hybridized carbons (Fsp3) is 0.600. The molecule has 4 nitrogen and oxygen atoms in total. The normalized spacial score (nSPS) is 11.3. The maximum absolute atomic E-state index is 12.2. The van der Waals surface area contributed by atoms with Crippen LogP contribution >= 0.6 is 0 Å². The molecule has 0 aliphatic rings. The third-order valence-corrected chi connectivity index (χ3v) is 3.99. The summed E-state index contributed by atoms with van der Waals surface area (Å²) >= 11 is 0. The summed E-state index contributed by atoms with van der Waals surface area (Å²) in [6, 6.07) is 7.17. The zero-order valence-corrected chi connectivity index (χ0v) is 21.3. The quantitative estimate of drug-likeness (QED) is 0.167. The molecule has 1 aromatic rings. The molecule has 0 radical (unpaired) electrons. The summed E-state index contributed by atoms with van der Waals surface area (Å²) in [5, 5.41) is 0. The second-order valence-corrected chi connectivity index (χ2v) is 8.66. The lowest BCUT2D eigenvalue weighted by molar-refractivity contribution is -0.870. The van der Waals surface area contributed by atoms with Crippen LogP contribution in [0.15, 0.2) is 24.3 Å². The number of hydrogen-bond donors (Lipinski definition) is 0. The Labute approximate surface area is 193 Å². The Morgan fingerprint density at radius 2 is 0.923 bits per heavy atom. The van der Waals surface area contributed by atoms with Crippen molar-refractivity contribution in [2.75, 3.05) is 55.4 Å². The van der Waals surface area contributed by atoms with Crippen LogP contribution in [0.4, 0.5) is 0 Å². The van der Waals surface area contributed by atoms with Crippen molar-refractivity contribution in [1.29, 1.82) is 0 Å². The first-order valence-corrected chi connectivity index (χ1v) is 8.75. The molecular formula is C20H34I2N2O2. The van der Waals surface area contributed by atoms with E-state index >= 15 is 0 Å². The van der Waals surface area contributed by atoms with Gasteiger partial charge in [0, 0.05) is 36.8 Å². The molecule has 150 valence electrons. The highest BCUT2D eigenvalue weighted by atomic mass is 127. The number of carbonyl (C=O) groups excluding carboxylic acids is 2. The number of Topliss-reactive ketones (excluding diaryl/α,β-unsaturated/α-hetero) is 2. The van der Waals surface area contributed by atoms with Crippen molar-refractivity contribution < 1.29 is 66.5 Å².